The highest BCUT2D eigenvalue weighted by atomic mass is 15.3. The summed E-state index contributed by atoms with van der Waals surface area (Å²) in [7, 11) is 0. The van der Waals surface area contributed by atoms with Gasteiger partial charge in [-0.05, 0) is 25.8 Å². The van der Waals surface area contributed by atoms with Crippen LogP contribution in [0.5, 0.6) is 0 Å². The molecule has 0 radical (unpaired) electrons. The molecule has 1 N–H and O–H groups in total. The Labute approximate surface area is 116 Å². The van der Waals surface area contributed by atoms with Crippen molar-refractivity contribution in [1.29, 1.82) is 0 Å². The maximum atomic E-state index is 4.56. The molecule has 0 spiro atoms. The summed E-state index contributed by atoms with van der Waals surface area (Å²) in [6.45, 7) is 3.89. The van der Waals surface area contributed by atoms with Gasteiger partial charge in [-0.15, -0.1) is 0 Å². The maximum absolute atomic E-state index is 4.56. The largest absolute Gasteiger partial charge is 0.349 e. The maximum Gasteiger partial charge on any atom is 0.233 e. The Balaban J connectivity index is 1.66. The zero-order valence-corrected chi connectivity index (χ0v) is 11.4. The lowest BCUT2D eigenvalue weighted by atomic mass is 10.1. The SMILES string of the molecule is Cc1[nH]nc2c1CCCN2Cc1cn2cccnc2n1. The Hall–Kier alpha value is -2.37. The van der Waals surface area contributed by atoms with E-state index in [0.717, 1.165) is 36.8 Å². The molecule has 0 atom stereocenters. The molecule has 0 unspecified atom stereocenters. The molecule has 1 aliphatic rings. The summed E-state index contributed by atoms with van der Waals surface area (Å²) in [5, 5.41) is 7.53. The summed E-state index contributed by atoms with van der Waals surface area (Å²) in [5.41, 5.74) is 3.55. The molecule has 4 rings (SSSR count). The summed E-state index contributed by atoms with van der Waals surface area (Å²) >= 11 is 0. The second kappa shape index (κ2) is 4.33. The molecule has 0 aromatic carbocycles. The minimum Gasteiger partial charge on any atom is -0.349 e. The van der Waals surface area contributed by atoms with Crippen LogP contribution in [0.2, 0.25) is 0 Å². The lowest BCUT2D eigenvalue weighted by Gasteiger charge is -2.26. The molecule has 6 nitrogen and oxygen atoms in total. The van der Waals surface area contributed by atoms with Gasteiger partial charge in [-0.1, -0.05) is 0 Å². The van der Waals surface area contributed by atoms with Crippen LogP contribution in [0.1, 0.15) is 23.4 Å². The third-order valence-corrected chi connectivity index (χ3v) is 3.84. The molecule has 20 heavy (non-hydrogen) atoms. The molecular weight excluding hydrogens is 252 g/mol. The Morgan fingerprint density at radius 2 is 2.35 bits per heavy atom. The molecular formula is C14H16N6. The number of H-pyrrole nitrogens is 1. The first kappa shape index (κ1) is 11.5. The molecule has 102 valence electrons. The second-order valence-corrected chi connectivity index (χ2v) is 5.24. The van der Waals surface area contributed by atoms with Gasteiger partial charge >= 0.3 is 0 Å². The van der Waals surface area contributed by atoms with Gasteiger partial charge in [0.25, 0.3) is 0 Å². The van der Waals surface area contributed by atoms with Crippen molar-refractivity contribution in [3.05, 3.63) is 41.6 Å². The molecule has 3 aromatic rings. The highest BCUT2D eigenvalue weighted by Gasteiger charge is 2.22. The predicted molar refractivity (Wildman–Crippen MR) is 75.7 cm³/mol. The number of hydrogen-bond acceptors (Lipinski definition) is 4. The molecule has 0 saturated carbocycles. The number of nitrogens with one attached hydrogen (secondary N) is 1. The number of aromatic nitrogens is 5. The van der Waals surface area contributed by atoms with Crippen molar-refractivity contribution < 1.29 is 0 Å². The van der Waals surface area contributed by atoms with E-state index in [4.69, 9.17) is 0 Å². The number of hydrogen-bond donors (Lipinski definition) is 1. The molecule has 0 saturated heterocycles. The van der Waals surface area contributed by atoms with E-state index in [9.17, 15) is 0 Å². The number of anilines is 1. The fourth-order valence-electron chi connectivity index (χ4n) is 2.86. The zero-order valence-electron chi connectivity index (χ0n) is 11.4. The van der Waals surface area contributed by atoms with Crippen LogP contribution in [0.4, 0.5) is 5.82 Å². The molecule has 6 heteroatoms. The average molecular weight is 268 g/mol. The van der Waals surface area contributed by atoms with Crippen LogP contribution in [0.3, 0.4) is 0 Å². The Kier molecular flexibility index (Phi) is 2.48. The highest BCUT2D eigenvalue weighted by Crippen LogP contribution is 2.28. The van der Waals surface area contributed by atoms with Crippen molar-refractivity contribution in [2.24, 2.45) is 0 Å². The van der Waals surface area contributed by atoms with Gasteiger partial charge in [-0.25, -0.2) is 9.97 Å². The van der Waals surface area contributed by atoms with E-state index in [-0.39, 0.29) is 0 Å². The zero-order chi connectivity index (χ0) is 13.5. The first-order chi connectivity index (χ1) is 9.81. The van der Waals surface area contributed by atoms with Crippen LogP contribution in [0.15, 0.2) is 24.7 Å². The minimum atomic E-state index is 0.748. The van der Waals surface area contributed by atoms with Crippen molar-refractivity contribution in [2.75, 3.05) is 11.4 Å². The summed E-state index contributed by atoms with van der Waals surface area (Å²) in [4.78, 5) is 11.1. The van der Waals surface area contributed by atoms with Gasteiger partial charge in [0.1, 0.15) is 0 Å². The van der Waals surface area contributed by atoms with Crippen molar-refractivity contribution in [3.63, 3.8) is 0 Å². The van der Waals surface area contributed by atoms with Crippen LogP contribution >= 0.6 is 0 Å². The lowest BCUT2D eigenvalue weighted by Crippen LogP contribution is -2.29. The number of aryl methyl sites for hydroxylation is 1. The van der Waals surface area contributed by atoms with Gasteiger partial charge in [0.15, 0.2) is 5.82 Å². The summed E-state index contributed by atoms with van der Waals surface area (Å²) in [5.74, 6) is 1.83. The van der Waals surface area contributed by atoms with Gasteiger partial charge < -0.3 is 4.90 Å². The first-order valence-corrected chi connectivity index (χ1v) is 6.88. The molecule has 0 bridgehead atoms. The third kappa shape index (κ3) is 1.76. The quantitative estimate of drug-likeness (QED) is 0.768. The van der Waals surface area contributed by atoms with E-state index in [1.807, 2.05) is 22.9 Å². The number of imidazole rings is 1. The van der Waals surface area contributed by atoms with Crippen LogP contribution in [0, 0.1) is 6.92 Å². The van der Waals surface area contributed by atoms with E-state index in [0.29, 0.717) is 0 Å². The molecule has 4 heterocycles. The Morgan fingerprint density at radius 1 is 1.40 bits per heavy atom. The number of aromatic amines is 1. The average Bonchev–Trinajstić information content (AvgIpc) is 3.03. The van der Waals surface area contributed by atoms with Crippen LogP contribution in [-0.2, 0) is 13.0 Å². The van der Waals surface area contributed by atoms with E-state index in [1.165, 1.54) is 17.7 Å². The molecule has 3 aromatic heterocycles. The summed E-state index contributed by atoms with van der Waals surface area (Å²) < 4.78 is 1.95. The standard InChI is InChI=1S/C14H16N6/c1-10-12-4-2-6-19(13(12)18-17-10)8-11-9-20-7-3-5-15-14(20)16-11/h3,5,7,9H,2,4,6,8H2,1H3,(H,17,18). The Morgan fingerprint density at radius 3 is 3.25 bits per heavy atom. The topological polar surface area (TPSA) is 62.1 Å². The van der Waals surface area contributed by atoms with E-state index in [1.54, 1.807) is 6.20 Å². The predicted octanol–water partition coefficient (Wildman–Crippen LogP) is 1.71. The highest BCUT2D eigenvalue weighted by molar-refractivity contribution is 5.51. The summed E-state index contributed by atoms with van der Waals surface area (Å²) in [6, 6.07) is 1.91. The number of nitrogens with zero attached hydrogens (tertiary/aromatic N) is 5. The molecule has 0 amide bonds. The van der Waals surface area contributed by atoms with Crippen LogP contribution in [-0.4, -0.2) is 31.1 Å². The number of rotatable bonds is 2. The van der Waals surface area contributed by atoms with Crippen LogP contribution in [0.25, 0.3) is 5.78 Å². The normalized spacial score (nSPS) is 14.8. The smallest absolute Gasteiger partial charge is 0.233 e. The fourth-order valence-corrected chi connectivity index (χ4v) is 2.86. The van der Waals surface area contributed by atoms with Crippen LogP contribution < -0.4 is 4.90 Å². The van der Waals surface area contributed by atoms with Crippen molar-refractivity contribution >= 4 is 11.6 Å². The third-order valence-electron chi connectivity index (χ3n) is 3.84. The van der Waals surface area contributed by atoms with E-state index in [2.05, 4.69) is 32.0 Å². The van der Waals surface area contributed by atoms with Gasteiger partial charge in [-0.2, -0.15) is 5.10 Å². The van der Waals surface area contributed by atoms with Gasteiger partial charge in [0, 0.05) is 36.4 Å². The van der Waals surface area contributed by atoms with Gasteiger partial charge in [0.2, 0.25) is 5.78 Å². The summed E-state index contributed by atoms with van der Waals surface area (Å²) in [6.07, 6.45) is 8.05. The van der Waals surface area contributed by atoms with Gasteiger partial charge in [-0.3, -0.25) is 9.50 Å². The first-order valence-electron chi connectivity index (χ1n) is 6.88. The molecule has 0 fully saturated rings. The monoisotopic (exact) mass is 268 g/mol. The second-order valence-electron chi connectivity index (χ2n) is 5.24. The van der Waals surface area contributed by atoms with E-state index >= 15 is 0 Å². The van der Waals surface area contributed by atoms with Crippen molar-refractivity contribution in [2.45, 2.75) is 26.3 Å². The van der Waals surface area contributed by atoms with Crippen molar-refractivity contribution in [3.8, 4) is 0 Å². The fraction of sp³-hybridized carbons (Fsp3) is 0.357. The van der Waals surface area contributed by atoms with Crippen molar-refractivity contribution in [1.82, 2.24) is 24.6 Å². The van der Waals surface area contributed by atoms with Gasteiger partial charge in [0.05, 0.1) is 12.2 Å². The lowest BCUT2D eigenvalue weighted by molar-refractivity contribution is 0.677. The molecule has 0 aliphatic carbocycles. The van der Waals surface area contributed by atoms with E-state index < -0.39 is 0 Å². The molecule has 1 aliphatic heterocycles. The minimum absolute atomic E-state index is 0.748. The Bertz CT molecular complexity index is 723. The number of fused-ring (bicyclic) bond motifs is 2.